The summed E-state index contributed by atoms with van der Waals surface area (Å²) in [7, 11) is 0. The van der Waals surface area contributed by atoms with Gasteiger partial charge in [0.15, 0.2) is 5.82 Å². The first-order valence-corrected chi connectivity index (χ1v) is 6.06. The molecule has 2 aromatic heterocycles. The zero-order valence-electron chi connectivity index (χ0n) is 9.72. The second-order valence-corrected chi connectivity index (χ2v) is 4.24. The molecule has 0 saturated heterocycles. The molecule has 0 spiro atoms. The van der Waals surface area contributed by atoms with E-state index >= 15 is 0 Å². The van der Waals surface area contributed by atoms with Gasteiger partial charge in [-0.15, -0.1) is 11.6 Å². The van der Waals surface area contributed by atoms with Crippen LogP contribution in [0.2, 0.25) is 0 Å². The van der Waals surface area contributed by atoms with E-state index in [1.54, 1.807) is 0 Å². The third-order valence-electron chi connectivity index (χ3n) is 2.66. The fraction of sp³-hybridized carbons (Fsp3) is 0.154. The Balaban J connectivity index is 2.27. The summed E-state index contributed by atoms with van der Waals surface area (Å²) in [5.41, 5.74) is 2.72. The number of pyridine rings is 1. The quantitative estimate of drug-likeness (QED) is 0.663. The summed E-state index contributed by atoms with van der Waals surface area (Å²) >= 11 is 5.68. The number of aryl methyl sites for hydroxylation is 1. The standard InChI is InChI=1S/C13H10ClN3O/c1-8-6-10(13-16-12(7-14)17-18-13)9-4-2-3-5-11(9)15-8/h2-6H,7H2,1H3. The van der Waals surface area contributed by atoms with Gasteiger partial charge >= 0.3 is 0 Å². The zero-order valence-corrected chi connectivity index (χ0v) is 10.5. The van der Waals surface area contributed by atoms with Gasteiger partial charge in [-0.2, -0.15) is 4.98 Å². The highest BCUT2D eigenvalue weighted by Crippen LogP contribution is 2.27. The van der Waals surface area contributed by atoms with E-state index in [1.807, 2.05) is 37.3 Å². The molecule has 3 aromatic rings. The Kier molecular flexibility index (Phi) is 2.72. The van der Waals surface area contributed by atoms with Crippen LogP contribution in [-0.2, 0) is 5.88 Å². The van der Waals surface area contributed by atoms with Crippen molar-refractivity contribution in [3.05, 3.63) is 41.9 Å². The zero-order chi connectivity index (χ0) is 12.5. The largest absolute Gasteiger partial charge is 0.334 e. The molecule has 0 aliphatic heterocycles. The minimum absolute atomic E-state index is 0.242. The van der Waals surface area contributed by atoms with Gasteiger partial charge in [0, 0.05) is 11.1 Å². The van der Waals surface area contributed by atoms with Gasteiger partial charge in [0.2, 0.25) is 0 Å². The molecule has 90 valence electrons. The highest BCUT2D eigenvalue weighted by atomic mass is 35.5. The molecule has 0 bridgehead atoms. The fourth-order valence-electron chi connectivity index (χ4n) is 1.90. The number of hydrogen-bond acceptors (Lipinski definition) is 4. The lowest BCUT2D eigenvalue weighted by molar-refractivity contribution is 0.425. The van der Waals surface area contributed by atoms with Gasteiger partial charge in [-0.05, 0) is 19.1 Å². The Morgan fingerprint density at radius 2 is 2.06 bits per heavy atom. The number of halogens is 1. The summed E-state index contributed by atoms with van der Waals surface area (Å²) < 4.78 is 5.23. The summed E-state index contributed by atoms with van der Waals surface area (Å²) in [6.45, 7) is 1.94. The molecule has 18 heavy (non-hydrogen) atoms. The minimum Gasteiger partial charge on any atom is -0.334 e. The molecule has 3 rings (SSSR count). The monoisotopic (exact) mass is 259 g/mol. The van der Waals surface area contributed by atoms with E-state index in [4.69, 9.17) is 16.1 Å². The molecule has 0 fully saturated rings. The van der Waals surface area contributed by atoms with Crippen LogP contribution in [0.4, 0.5) is 0 Å². The second kappa shape index (κ2) is 4.38. The van der Waals surface area contributed by atoms with E-state index in [1.165, 1.54) is 0 Å². The normalized spacial score (nSPS) is 11.0. The van der Waals surface area contributed by atoms with Gasteiger partial charge in [-0.3, -0.25) is 4.98 Å². The van der Waals surface area contributed by atoms with Crippen LogP contribution in [0.3, 0.4) is 0 Å². The summed E-state index contributed by atoms with van der Waals surface area (Å²) in [5.74, 6) is 1.21. The van der Waals surface area contributed by atoms with Gasteiger partial charge in [-0.25, -0.2) is 0 Å². The van der Waals surface area contributed by atoms with Crippen LogP contribution >= 0.6 is 11.6 Å². The maximum absolute atomic E-state index is 5.68. The Hall–Kier alpha value is -1.94. The molecule has 2 heterocycles. The van der Waals surface area contributed by atoms with Gasteiger partial charge in [0.1, 0.15) is 0 Å². The molecule has 0 aliphatic carbocycles. The number of rotatable bonds is 2. The van der Waals surface area contributed by atoms with Crippen molar-refractivity contribution in [3.63, 3.8) is 0 Å². The number of benzene rings is 1. The maximum Gasteiger partial charge on any atom is 0.258 e. The first-order chi connectivity index (χ1) is 8.78. The summed E-state index contributed by atoms with van der Waals surface area (Å²) in [4.78, 5) is 8.73. The van der Waals surface area contributed by atoms with Crippen molar-refractivity contribution in [1.82, 2.24) is 15.1 Å². The third kappa shape index (κ3) is 1.84. The number of aromatic nitrogens is 3. The molecule has 0 atom stereocenters. The van der Waals surface area contributed by atoms with E-state index in [-0.39, 0.29) is 5.88 Å². The number of para-hydroxylation sites is 1. The van der Waals surface area contributed by atoms with E-state index in [0.717, 1.165) is 22.2 Å². The number of nitrogens with zero attached hydrogens (tertiary/aromatic N) is 3. The predicted octanol–water partition coefficient (Wildman–Crippen LogP) is 3.33. The lowest BCUT2D eigenvalue weighted by atomic mass is 10.1. The second-order valence-electron chi connectivity index (χ2n) is 3.98. The van der Waals surface area contributed by atoms with Crippen molar-refractivity contribution in [2.45, 2.75) is 12.8 Å². The topological polar surface area (TPSA) is 51.8 Å². The Labute approximate surface area is 109 Å². The first-order valence-electron chi connectivity index (χ1n) is 5.53. The first kappa shape index (κ1) is 11.2. The smallest absolute Gasteiger partial charge is 0.258 e. The van der Waals surface area contributed by atoms with Crippen LogP contribution in [0.5, 0.6) is 0 Å². The van der Waals surface area contributed by atoms with Gasteiger partial charge in [-0.1, -0.05) is 23.4 Å². The lowest BCUT2D eigenvalue weighted by Gasteiger charge is -2.03. The van der Waals surface area contributed by atoms with Crippen LogP contribution in [0.1, 0.15) is 11.5 Å². The molecule has 0 amide bonds. The van der Waals surface area contributed by atoms with Crippen molar-refractivity contribution in [2.24, 2.45) is 0 Å². The lowest BCUT2D eigenvalue weighted by Crippen LogP contribution is -1.88. The summed E-state index contributed by atoms with van der Waals surface area (Å²) in [6, 6.07) is 9.80. The van der Waals surface area contributed by atoms with Crippen LogP contribution in [-0.4, -0.2) is 15.1 Å². The van der Waals surface area contributed by atoms with Crippen molar-refractivity contribution in [1.29, 1.82) is 0 Å². The summed E-state index contributed by atoms with van der Waals surface area (Å²) in [5, 5.41) is 4.80. The molecule has 0 saturated carbocycles. The van der Waals surface area contributed by atoms with E-state index in [2.05, 4.69) is 15.1 Å². The number of fused-ring (bicyclic) bond motifs is 1. The molecule has 5 heteroatoms. The van der Waals surface area contributed by atoms with Crippen molar-refractivity contribution < 1.29 is 4.52 Å². The van der Waals surface area contributed by atoms with Crippen molar-refractivity contribution in [2.75, 3.05) is 0 Å². The van der Waals surface area contributed by atoms with Crippen molar-refractivity contribution >= 4 is 22.5 Å². The average molecular weight is 260 g/mol. The fourth-order valence-corrected chi connectivity index (χ4v) is 2.01. The number of alkyl halides is 1. The van der Waals surface area contributed by atoms with Crippen molar-refractivity contribution in [3.8, 4) is 11.5 Å². The Morgan fingerprint density at radius 1 is 1.22 bits per heavy atom. The van der Waals surface area contributed by atoms with Gasteiger partial charge in [0.25, 0.3) is 5.89 Å². The molecular weight excluding hydrogens is 250 g/mol. The molecule has 1 aromatic carbocycles. The molecule has 4 nitrogen and oxygen atoms in total. The maximum atomic E-state index is 5.68. The Bertz CT molecular complexity index is 708. The molecule has 0 aliphatic rings. The van der Waals surface area contributed by atoms with Gasteiger partial charge < -0.3 is 4.52 Å². The molecule has 0 radical (unpaired) electrons. The SMILES string of the molecule is Cc1cc(-c2nc(CCl)no2)c2ccccc2n1. The predicted molar refractivity (Wildman–Crippen MR) is 69.3 cm³/mol. The third-order valence-corrected chi connectivity index (χ3v) is 2.90. The molecule has 0 unspecified atom stereocenters. The van der Waals surface area contributed by atoms with Crippen LogP contribution in [0.15, 0.2) is 34.9 Å². The van der Waals surface area contributed by atoms with E-state index in [0.29, 0.717) is 11.7 Å². The van der Waals surface area contributed by atoms with E-state index in [9.17, 15) is 0 Å². The molecular formula is C13H10ClN3O. The van der Waals surface area contributed by atoms with Crippen LogP contribution < -0.4 is 0 Å². The van der Waals surface area contributed by atoms with Gasteiger partial charge in [0.05, 0.1) is 17.0 Å². The average Bonchev–Trinajstić information content (AvgIpc) is 2.86. The minimum atomic E-state index is 0.242. The highest BCUT2D eigenvalue weighted by Gasteiger charge is 2.12. The molecule has 0 N–H and O–H groups in total. The van der Waals surface area contributed by atoms with Crippen LogP contribution in [0, 0.1) is 6.92 Å². The summed E-state index contributed by atoms with van der Waals surface area (Å²) in [6.07, 6.45) is 0. The number of hydrogen-bond donors (Lipinski definition) is 0. The Morgan fingerprint density at radius 3 is 2.83 bits per heavy atom. The highest BCUT2D eigenvalue weighted by molar-refractivity contribution is 6.16. The van der Waals surface area contributed by atoms with Crippen LogP contribution in [0.25, 0.3) is 22.4 Å². The van der Waals surface area contributed by atoms with E-state index < -0.39 is 0 Å².